The van der Waals surface area contributed by atoms with Gasteiger partial charge in [-0.2, -0.15) is 0 Å². The molecule has 0 spiro atoms. The lowest BCUT2D eigenvalue weighted by molar-refractivity contribution is -0.937. The third kappa shape index (κ3) is 5.15. The molecule has 0 saturated carbocycles. The molecule has 1 aliphatic rings. The Bertz CT molecular complexity index is 702. The van der Waals surface area contributed by atoms with Gasteiger partial charge in [0, 0.05) is 29.9 Å². The van der Waals surface area contributed by atoms with Crippen LogP contribution in [0.4, 0.5) is 0 Å². The normalized spacial score (nSPS) is 19.9. The zero-order chi connectivity index (χ0) is 18.2. The molecule has 0 aliphatic carbocycles. The number of hydrogen-bond acceptors (Lipinski definition) is 3. The molecule has 3 rings (SSSR count). The van der Waals surface area contributed by atoms with Crippen LogP contribution in [0.2, 0.25) is 0 Å². The zero-order valence-electron chi connectivity index (χ0n) is 15.6. The summed E-state index contributed by atoms with van der Waals surface area (Å²) in [5, 5.41) is 0. The average molecular weight is 353 g/mol. The third-order valence-corrected chi connectivity index (χ3v) is 5.22. The summed E-state index contributed by atoms with van der Waals surface area (Å²) < 4.78 is 5.83. The first-order valence-electron chi connectivity index (χ1n) is 9.72. The fourth-order valence-corrected chi connectivity index (χ4v) is 3.81. The maximum Gasteiger partial charge on any atom is 0.159 e. The van der Waals surface area contributed by atoms with Crippen LogP contribution in [0, 0.1) is 0 Å². The Labute approximate surface area is 156 Å². The number of aromatic nitrogens is 1. The lowest BCUT2D eigenvalue weighted by atomic mass is 9.96. The molecular weight excluding hydrogens is 324 g/mol. The molecule has 1 fully saturated rings. The smallest absolute Gasteiger partial charge is 0.159 e. The number of piperidine rings is 1. The molecule has 26 heavy (non-hydrogen) atoms. The Balaban J connectivity index is 1.44. The number of pyridine rings is 1. The third-order valence-electron chi connectivity index (χ3n) is 5.22. The molecule has 2 aromatic rings. The lowest BCUT2D eigenvalue weighted by Crippen LogP contribution is -3.13. The van der Waals surface area contributed by atoms with E-state index in [1.54, 1.807) is 11.8 Å². The molecule has 1 saturated heterocycles. The van der Waals surface area contributed by atoms with Crippen molar-refractivity contribution in [2.24, 2.45) is 0 Å². The van der Waals surface area contributed by atoms with E-state index >= 15 is 0 Å². The summed E-state index contributed by atoms with van der Waals surface area (Å²) >= 11 is 0. The van der Waals surface area contributed by atoms with Crippen LogP contribution in [-0.2, 0) is 0 Å². The minimum atomic E-state index is 0.0746. The maximum absolute atomic E-state index is 11.4. The number of ketones is 1. The molecule has 2 atom stereocenters. The van der Waals surface area contributed by atoms with Crippen molar-refractivity contribution in [1.82, 2.24) is 4.98 Å². The number of likely N-dealkylation sites (tertiary alicyclic amines) is 1. The number of quaternary nitrogens is 1. The number of unbranched alkanes of at least 4 members (excludes halogenated alkanes) is 1. The number of carbonyl (C=O) groups is 1. The summed E-state index contributed by atoms with van der Waals surface area (Å²) in [6.07, 6.45) is 9.96. The van der Waals surface area contributed by atoms with Gasteiger partial charge in [0.25, 0.3) is 0 Å². The molecule has 2 heterocycles. The molecular formula is C22H29N2O2+. The number of rotatable bonds is 8. The fourth-order valence-electron chi connectivity index (χ4n) is 3.81. The predicted molar refractivity (Wildman–Crippen MR) is 103 cm³/mol. The molecule has 1 aromatic carbocycles. The maximum atomic E-state index is 11.4. The van der Waals surface area contributed by atoms with E-state index in [9.17, 15) is 4.79 Å². The lowest BCUT2D eigenvalue weighted by Gasteiger charge is -2.32. The largest absolute Gasteiger partial charge is 0.494 e. The van der Waals surface area contributed by atoms with Gasteiger partial charge in [0.15, 0.2) is 5.78 Å². The molecule has 1 N–H and O–H groups in total. The highest BCUT2D eigenvalue weighted by molar-refractivity contribution is 5.94. The van der Waals surface area contributed by atoms with Crippen LogP contribution in [0.25, 0.3) is 0 Å². The number of carbonyl (C=O) groups excluding carboxylic acids is 1. The van der Waals surface area contributed by atoms with Gasteiger partial charge in [-0.3, -0.25) is 9.78 Å². The van der Waals surface area contributed by atoms with E-state index in [0.29, 0.717) is 18.2 Å². The van der Waals surface area contributed by atoms with Crippen LogP contribution in [0.1, 0.15) is 61.0 Å². The quantitative estimate of drug-likeness (QED) is 0.585. The second kappa shape index (κ2) is 9.48. The first kappa shape index (κ1) is 18.6. The molecule has 1 aliphatic heterocycles. The number of nitrogens with one attached hydrogen (secondary N) is 1. The van der Waals surface area contributed by atoms with Crippen molar-refractivity contribution in [2.45, 2.75) is 45.1 Å². The number of ether oxygens (including phenoxy) is 1. The molecule has 0 amide bonds. The SMILES string of the molecule is CC(=O)c1cccc(OCCCC[NH+]2CCCC[C@H]2c2cccnc2)c1. The van der Waals surface area contributed by atoms with Gasteiger partial charge in [-0.15, -0.1) is 0 Å². The van der Waals surface area contributed by atoms with Gasteiger partial charge in [-0.25, -0.2) is 0 Å². The molecule has 138 valence electrons. The van der Waals surface area contributed by atoms with E-state index in [1.807, 2.05) is 42.7 Å². The van der Waals surface area contributed by atoms with Crippen molar-refractivity contribution in [3.8, 4) is 5.75 Å². The first-order chi connectivity index (χ1) is 12.7. The average Bonchev–Trinajstić information content (AvgIpc) is 2.69. The molecule has 0 radical (unpaired) electrons. The summed E-state index contributed by atoms with van der Waals surface area (Å²) in [5.74, 6) is 0.863. The van der Waals surface area contributed by atoms with Crippen molar-refractivity contribution in [3.05, 3.63) is 59.9 Å². The van der Waals surface area contributed by atoms with Gasteiger partial charge in [-0.1, -0.05) is 18.2 Å². The molecule has 1 unspecified atom stereocenters. The fraction of sp³-hybridized carbons (Fsp3) is 0.455. The number of benzene rings is 1. The van der Waals surface area contributed by atoms with Crippen LogP contribution in [0.3, 0.4) is 0 Å². The van der Waals surface area contributed by atoms with Crippen molar-refractivity contribution in [3.63, 3.8) is 0 Å². The zero-order valence-corrected chi connectivity index (χ0v) is 15.6. The van der Waals surface area contributed by atoms with Gasteiger partial charge < -0.3 is 9.64 Å². The topological polar surface area (TPSA) is 43.6 Å². The van der Waals surface area contributed by atoms with E-state index < -0.39 is 0 Å². The van der Waals surface area contributed by atoms with Crippen LogP contribution in [-0.4, -0.2) is 30.5 Å². The number of Topliss-reactive ketones (excluding diaryl/α,β-unsaturated/α-hetero) is 1. The van der Waals surface area contributed by atoms with Crippen molar-refractivity contribution < 1.29 is 14.4 Å². The highest BCUT2D eigenvalue weighted by atomic mass is 16.5. The summed E-state index contributed by atoms with van der Waals surface area (Å²) in [7, 11) is 0. The van der Waals surface area contributed by atoms with Gasteiger partial charge >= 0.3 is 0 Å². The summed E-state index contributed by atoms with van der Waals surface area (Å²) in [4.78, 5) is 17.4. The molecule has 0 bridgehead atoms. The minimum Gasteiger partial charge on any atom is -0.494 e. The Hall–Kier alpha value is -2.20. The minimum absolute atomic E-state index is 0.0746. The Kier molecular flexibility index (Phi) is 6.78. The van der Waals surface area contributed by atoms with Crippen LogP contribution in [0.5, 0.6) is 5.75 Å². The van der Waals surface area contributed by atoms with Crippen LogP contribution < -0.4 is 9.64 Å². The molecule has 4 heteroatoms. The predicted octanol–water partition coefficient (Wildman–Crippen LogP) is 3.25. The second-order valence-corrected chi connectivity index (χ2v) is 7.13. The molecule has 4 nitrogen and oxygen atoms in total. The number of hydrogen-bond donors (Lipinski definition) is 1. The first-order valence-corrected chi connectivity index (χ1v) is 9.72. The standard InChI is InChI=1S/C22H28N2O2/c1-18(25)19-8-6-10-21(16-19)26-15-5-4-14-24-13-3-2-11-22(24)20-9-7-12-23-17-20/h6-10,12,16-17,22H,2-5,11,13-15H2,1H3/p+1/t22-/m0/s1. The van der Waals surface area contributed by atoms with E-state index in [1.165, 1.54) is 37.9 Å². The van der Waals surface area contributed by atoms with Crippen LogP contribution >= 0.6 is 0 Å². The van der Waals surface area contributed by atoms with Gasteiger partial charge in [0.1, 0.15) is 11.8 Å². The highest BCUT2D eigenvalue weighted by Crippen LogP contribution is 2.18. The van der Waals surface area contributed by atoms with E-state index in [2.05, 4.69) is 11.1 Å². The molecule has 1 aromatic heterocycles. The van der Waals surface area contributed by atoms with Crippen LogP contribution in [0.15, 0.2) is 48.8 Å². The van der Waals surface area contributed by atoms with Crippen molar-refractivity contribution >= 4 is 5.78 Å². The van der Waals surface area contributed by atoms with Gasteiger partial charge in [0.2, 0.25) is 0 Å². The Morgan fingerprint density at radius 2 is 2.15 bits per heavy atom. The summed E-state index contributed by atoms with van der Waals surface area (Å²) in [6.45, 7) is 4.71. The van der Waals surface area contributed by atoms with Gasteiger partial charge in [-0.05, 0) is 50.8 Å². The van der Waals surface area contributed by atoms with Crippen molar-refractivity contribution in [1.29, 1.82) is 0 Å². The summed E-state index contributed by atoms with van der Waals surface area (Å²) in [5.41, 5.74) is 2.08. The Morgan fingerprint density at radius 1 is 1.23 bits per heavy atom. The monoisotopic (exact) mass is 353 g/mol. The second-order valence-electron chi connectivity index (χ2n) is 7.13. The van der Waals surface area contributed by atoms with Crippen molar-refractivity contribution in [2.75, 3.05) is 19.7 Å². The van der Waals surface area contributed by atoms with E-state index in [-0.39, 0.29) is 5.78 Å². The van der Waals surface area contributed by atoms with Gasteiger partial charge in [0.05, 0.1) is 19.7 Å². The Morgan fingerprint density at radius 3 is 2.96 bits per heavy atom. The van der Waals surface area contributed by atoms with E-state index in [0.717, 1.165) is 18.6 Å². The number of nitrogens with zero attached hydrogens (tertiary/aromatic N) is 1. The van der Waals surface area contributed by atoms with E-state index in [4.69, 9.17) is 4.74 Å². The summed E-state index contributed by atoms with van der Waals surface area (Å²) in [6, 6.07) is 12.3. The highest BCUT2D eigenvalue weighted by Gasteiger charge is 2.27.